The van der Waals surface area contributed by atoms with Crippen molar-refractivity contribution >= 4 is 6.08 Å². The van der Waals surface area contributed by atoms with Gasteiger partial charge in [0, 0.05) is 12.1 Å². The summed E-state index contributed by atoms with van der Waals surface area (Å²) in [5, 5.41) is 8.58. The Bertz CT molecular complexity index is 359. The predicted molar refractivity (Wildman–Crippen MR) is 53.6 cm³/mol. The van der Waals surface area contributed by atoms with Gasteiger partial charge in [0.2, 0.25) is 0 Å². The van der Waals surface area contributed by atoms with E-state index < -0.39 is 0 Å². The number of allylic oxidation sites excluding steroid dienone is 1. The van der Waals surface area contributed by atoms with E-state index in [2.05, 4.69) is 6.07 Å². The Labute approximate surface area is 78.3 Å². The number of hydrogen-bond acceptors (Lipinski definition) is 2. The number of rotatable bonds is 2. The second-order valence-corrected chi connectivity index (χ2v) is 2.89. The second-order valence-electron chi connectivity index (χ2n) is 2.89. The standard InChI is InChI=1S/C11H12N2/c1-9(7-12)5-10-3-2-4-11(6-10)8-13/h2-6H,8,13H2,1H3. The fourth-order valence-electron chi connectivity index (χ4n) is 1.09. The molecule has 2 nitrogen and oxygen atoms in total. The lowest BCUT2D eigenvalue weighted by atomic mass is 10.1. The van der Waals surface area contributed by atoms with Crippen LogP contribution in [0.15, 0.2) is 29.8 Å². The highest BCUT2D eigenvalue weighted by Crippen LogP contribution is 2.08. The molecule has 1 aromatic carbocycles. The van der Waals surface area contributed by atoms with Gasteiger partial charge in [-0.05, 0) is 24.1 Å². The topological polar surface area (TPSA) is 49.8 Å². The van der Waals surface area contributed by atoms with Gasteiger partial charge in [-0.2, -0.15) is 5.26 Å². The summed E-state index contributed by atoms with van der Waals surface area (Å²) in [6.45, 7) is 2.32. The molecule has 0 amide bonds. The molecule has 1 rings (SSSR count). The molecule has 0 aromatic heterocycles. The van der Waals surface area contributed by atoms with Crippen LogP contribution in [0, 0.1) is 11.3 Å². The maximum atomic E-state index is 8.58. The predicted octanol–water partition coefficient (Wildman–Crippen LogP) is 2.07. The van der Waals surface area contributed by atoms with E-state index in [0.29, 0.717) is 12.1 Å². The smallest absolute Gasteiger partial charge is 0.0944 e. The Balaban J connectivity index is 2.97. The summed E-state index contributed by atoms with van der Waals surface area (Å²) in [4.78, 5) is 0. The van der Waals surface area contributed by atoms with Gasteiger partial charge >= 0.3 is 0 Å². The third kappa shape index (κ3) is 2.73. The fourth-order valence-corrected chi connectivity index (χ4v) is 1.09. The first kappa shape index (κ1) is 9.50. The van der Waals surface area contributed by atoms with Gasteiger partial charge in [0.15, 0.2) is 0 Å². The van der Waals surface area contributed by atoms with Crippen LogP contribution in [0.3, 0.4) is 0 Å². The molecular formula is C11H12N2. The molecule has 0 saturated heterocycles. The minimum Gasteiger partial charge on any atom is -0.326 e. The number of hydrogen-bond donors (Lipinski definition) is 1. The Morgan fingerprint density at radius 3 is 3.00 bits per heavy atom. The van der Waals surface area contributed by atoms with Crippen molar-refractivity contribution in [2.75, 3.05) is 0 Å². The Hall–Kier alpha value is -1.59. The molecule has 1 aromatic rings. The monoisotopic (exact) mass is 172 g/mol. The van der Waals surface area contributed by atoms with Crippen molar-refractivity contribution in [1.29, 1.82) is 5.26 Å². The van der Waals surface area contributed by atoms with Crippen molar-refractivity contribution in [3.05, 3.63) is 41.0 Å². The largest absolute Gasteiger partial charge is 0.326 e. The Kier molecular flexibility index (Phi) is 3.24. The molecule has 0 unspecified atom stereocenters. The molecule has 66 valence electrons. The quantitative estimate of drug-likeness (QED) is 0.694. The van der Waals surface area contributed by atoms with E-state index in [0.717, 1.165) is 11.1 Å². The fraction of sp³-hybridized carbons (Fsp3) is 0.182. The molecule has 0 aliphatic carbocycles. The van der Waals surface area contributed by atoms with Gasteiger partial charge in [-0.3, -0.25) is 0 Å². The van der Waals surface area contributed by atoms with Gasteiger partial charge in [0.1, 0.15) is 0 Å². The highest BCUT2D eigenvalue weighted by atomic mass is 14.5. The molecule has 0 aliphatic rings. The summed E-state index contributed by atoms with van der Waals surface area (Å²) in [6.07, 6.45) is 1.85. The van der Waals surface area contributed by atoms with E-state index in [4.69, 9.17) is 11.0 Å². The van der Waals surface area contributed by atoms with Crippen LogP contribution < -0.4 is 5.73 Å². The Morgan fingerprint density at radius 1 is 1.62 bits per heavy atom. The van der Waals surface area contributed by atoms with Gasteiger partial charge in [0.05, 0.1) is 6.07 Å². The lowest BCUT2D eigenvalue weighted by molar-refractivity contribution is 1.07. The van der Waals surface area contributed by atoms with Gasteiger partial charge in [-0.25, -0.2) is 0 Å². The zero-order chi connectivity index (χ0) is 9.68. The SMILES string of the molecule is CC(C#N)=Cc1cccc(CN)c1. The molecule has 0 heterocycles. The first-order valence-electron chi connectivity index (χ1n) is 4.13. The van der Waals surface area contributed by atoms with Crippen LogP contribution in [-0.2, 0) is 6.54 Å². The van der Waals surface area contributed by atoms with Crippen LogP contribution in [0.2, 0.25) is 0 Å². The maximum absolute atomic E-state index is 8.58. The molecule has 0 radical (unpaired) electrons. The Morgan fingerprint density at radius 2 is 2.38 bits per heavy atom. The van der Waals surface area contributed by atoms with E-state index in [-0.39, 0.29) is 0 Å². The normalized spacial score (nSPS) is 11.0. The summed E-state index contributed by atoms with van der Waals surface area (Å²) < 4.78 is 0. The van der Waals surface area contributed by atoms with Crippen LogP contribution in [0.4, 0.5) is 0 Å². The highest BCUT2D eigenvalue weighted by Gasteiger charge is 1.92. The van der Waals surface area contributed by atoms with E-state index in [1.165, 1.54) is 0 Å². The van der Waals surface area contributed by atoms with Crippen molar-refractivity contribution in [3.8, 4) is 6.07 Å². The molecule has 0 fully saturated rings. The van der Waals surface area contributed by atoms with Crippen molar-refractivity contribution in [2.24, 2.45) is 5.73 Å². The van der Waals surface area contributed by atoms with Crippen molar-refractivity contribution < 1.29 is 0 Å². The van der Waals surface area contributed by atoms with Crippen molar-refractivity contribution in [3.63, 3.8) is 0 Å². The lowest BCUT2D eigenvalue weighted by Crippen LogP contribution is -1.95. The number of nitrogens with zero attached hydrogens (tertiary/aromatic N) is 1. The summed E-state index contributed by atoms with van der Waals surface area (Å²) >= 11 is 0. The first-order chi connectivity index (χ1) is 6.26. The zero-order valence-electron chi connectivity index (χ0n) is 7.62. The van der Waals surface area contributed by atoms with E-state index in [9.17, 15) is 0 Å². The minimum atomic E-state index is 0.535. The molecule has 2 N–H and O–H groups in total. The first-order valence-corrected chi connectivity index (χ1v) is 4.13. The number of nitrogens with two attached hydrogens (primary N) is 1. The molecular weight excluding hydrogens is 160 g/mol. The average molecular weight is 172 g/mol. The van der Waals surface area contributed by atoms with Crippen LogP contribution in [0.1, 0.15) is 18.1 Å². The molecule has 0 atom stereocenters. The number of nitriles is 1. The zero-order valence-corrected chi connectivity index (χ0v) is 7.62. The third-order valence-electron chi connectivity index (χ3n) is 1.75. The van der Waals surface area contributed by atoms with Crippen molar-refractivity contribution in [1.82, 2.24) is 0 Å². The average Bonchev–Trinajstić information content (AvgIpc) is 2.18. The van der Waals surface area contributed by atoms with Crippen LogP contribution in [0.5, 0.6) is 0 Å². The summed E-state index contributed by atoms with van der Waals surface area (Å²) in [5.41, 5.74) is 8.31. The molecule has 0 saturated carbocycles. The molecule has 0 aliphatic heterocycles. The molecule has 0 bridgehead atoms. The van der Waals surface area contributed by atoms with E-state index in [1.54, 1.807) is 6.92 Å². The third-order valence-corrected chi connectivity index (χ3v) is 1.75. The molecule has 13 heavy (non-hydrogen) atoms. The summed E-state index contributed by atoms with van der Waals surface area (Å²) in [6, 6.07) is 9.94. The summed E-state index contributed by atoms with van der Waals surface area (Å²) in [5.74, 6) is 0. The van der Waals surface area contributed by atoms with E-state index in [1.807, 2.05) is 30.3 Å². The summed E-state index contributed by atoms with van der Waals surface area (Å²) in [7, 11) is 0. The maximum Gasteiger partial charge on any atom is 0.0944 e. The van der Waals surface area contributed by atoms with Crippen LogP contribution in [0.25, 0.3) is 6.08 Å². The molecule has 0 spiro atoms. The van der Waals surface area contributed by atoms with Gasteiger partial charge < -0.3 is 5.73 Å². The number of benzene rings is 1. The molecule has 2 heteroatoms. The van der Waals surface area contributed by atoms with Gasteiger partial charge in [-0.15, -0.1) is 0 Å². The van der Waals surface area contributed by atoms with Crippen LogP contribution in [-0.4, -0.2) is 0 Å². The second kappa shape index (κ2) is 4.44. The minimum absolute atomic E-state index is 0.535. The highest BCUT2D eigenvalue weighted by molar-refractivity contribution is 5.56. The van der Waals surface area contributed by atoms with Crippen LogP contribution >= 0.6 is 0 Å². The van der Waals surface area contributed by atoms with Crippen molar-refractivity contribution in [2.45, 2.75) is 13.5 Å². The van der Waals surface area contributed by atoms with Gasteiger partial charge in [-0.1, -0.05) is 24.3 Å². The van der Waals surface area contributed by atoms with E-state index >= 15 is 0 Å². The lowest BCUT2D eigenvalue weighted by Gasteiger charge is -1.98. The van der Waals surface area contributed by atoms with Gasteiger partial charge in [0.25, 0.3) is 0 Å².